The van der Waals surface area contributed by atoms with Crippen LogP contribution in [0.4, 0.5) is 0 Å². The fourth-order valence-electron chi connectivity index (χ4n) is 2.11. The lowest BCUT2D eigenvalue weighted by atomic mass is 10.1. The van der Waals surface area contributed by atoms with Crippen LogP contribution < -0.4 is 5.73 Å². The third-order valence-electron chi connectivity index (χ3n) is 2.97. The van der Waals surface area contributed by atoms with Gasteiger partial charge < -0.3 is 10.3 Å². The van der Waals surface area contributed by atoms with E-state index in [2.05, 4.69) is 32.3 Å². The van der Waals surface area contributed by atoms with Crippen LogP contribution in [0.15, 0.2) is 17.5 Å². The van der Waals surface area contributed by atoms with Crippen LogP contribution in [0.25, 0.3) is 0 Å². The minimum atomic E-state index is 0.255. The van der Waals surface area contributed by atoms with Gasteiger partial charge in [0.15, 0.2) is 0 Å². The zero-order valence-electron chi connectivity index (χ0n) is 8.97. The quantitative estimate of drug-likeness (QED) is 0.849. The molecule has 0 saturated heterocycles. The first-order valence-corrected chi connectivity index (χ1v) is 6.40. The molecule has 1 atom stereocenters. The van der Waals surface area contributed by atoms with Crippen molar-refractivity contribution >= 4 is 11.3 Å². The number of rotatable bonds is 2. The summed E-state index contributed by atoms with van der Waals surface area (Å²) in [5.74, 6) is 2.14. The zero-order valence-corrected chi connectivity index (χ0v) is 9.78. The highest BCUT2D eigenvalue weighted by Gasteiger charge is 2.20. The molecule has 0 radical (unpaired) electrons. The van der Waals surface area contributed by atoms with Crippen molar-refractivity contribution in [3.63, 3.8) is 0 Å². The van der Waals surface area contributed by atoms with Gasteiger partial charge in [0.1, 0.15) is 11.6 Å². The first kappa shape index (κ1) is 9.99. The molecule has 2 aromatic heterocycles. The van der Waals surface area contributed by atoms with Gasteiger partial charge in [-0.3, -0.25) is 0 Å². The normalized spacial score (nSPS) is 19.7. The van der Waals surface area contributed by atoms with Crippen LogP contribution in [0.3, 0.4) is 0 Å². The molecule has 1 aliphatic rings. The number of nitrogens with zero attached hydrogens (tertiary/aromatic N) is 3. The van der Waals surface area contributed by atoms with E-state index in [0.29, 0.717) is 0 Å². The largest absolute Gasteiger partial charge is 0.326 e. The van der Waals surface area contributed by atoms with Crippen LogP contribution in [0, 0.1) is 0 Å². The standard InChI is InChI=1S/C11H14N4S/c12-8-3-4-10-13-14-11(15(10)7-8)6-9-2-1-5-16-9/h1-2,5,8H,3-4,6-7,12H2. The fourth-order valence-corrected chi connectivity index (χ4v) is 2.81. The monoisotopic (exact) mass is 234 g/mol. The molecule has 84 valence electrons. The lowest BCUT2D eigenvalue weighted by molar-refractivity contribution is 0.445. The Kier molecular flexibility index (Phi) is 2.49. The van der Waals surface area contributed by atoms with Crippen LogP contribution in [0.1, 0.15) is 22.9 Å². The summed E-state index contributed by atoms with van der Waals surface area (Å²) >= 11 is 1.76. The Morgan fingerprint density at radius 1 is 1.50 bits per heavy atom. The molecular weight excluding hydrogens is 220 g/mol. The van der Waals surface area contributed by atoms with Crippen molar-refractivity contribution in [3.8, 4) is 0 Å². The molecule has 5 heteroatoms. The lowest BCUT2D eigenvalue weighted by Crippen LogP contribution is -2.32. The Bertz CT molecular complexity index is 474. The molecule has 0 amide bonds. The van der Waals surface area contributed by atoms with E-state index < -0.39 is 0 Å². The number of aryl methyl sites for hydroxylation is 1. The SMILES string of the molecule is NC1CCc2nnc(Cc3cccs3)n2C1. The summed E-state index contributed by atoms with van der Waals surface area (Å²) in [6, 6.07) is 4.46. The van der Waals surface area contributed by atoms with Gasteiger partial charge in [-0.15, -0.1) is 21.5 Å². The van der Waals surface area contributed by atoms with Crippen LogP contribution in [-0.2, 0) is 19.4 Å². The minimum absolute atomic E-state index is 0.255. The highest BCUT2D eigenvalue weighted by Crippen LogP contribution is 2.18. The molecule has 1 unspecified atom stereocenters. The fraction of sp³-hybridized carbons (Fsp3) is 0.455. The molecule has 3 heterocycles. The summed E-state index contributed by atoms with van der Waals surface area (Å²) in [5, 5.41) is 10.6. The molecule has 16 heavy (non-hydrogen) atoms. The summed E-state index contributed by atoms with van der Waals surface area (Å²) in [5.41, 5.74) is 5.98. The second-order valence-corrected chi connectivity index (χ2v) is 5.23. The average molecular weight is 234 g/mol. The number of aromatic nitrogens is 3. The highest BCUT2D eigenvalue weighted by molar-refractivity contribution is 7.09. The molecule has 0 aliphatic carbocycles. The van der Waals surface area contributed by atoms with Crippen molar-refractivity contribution < 1.29 is 0 Å². The predicted octanol–water partition coefficient (Wildman–Crippen LogP) is 1.20. The Balaban J connectivity index is 1.88. The summed E-state index contributed by atoms with van der Waals surface area (Å²) in [7, 11) is 0. The van der Waals surface area contributed by atoms with Crippen molar-refractivity contribution in [2.45, 2.75) is 31.8 Å². The number of nitrogens with two attached hydrogens (primary N) is 1. The van der Waals surface area contributed by atoms with E-state index in [1.807, 2.05) is 0 Å². The topological polar surface area (TPSA) is 56.7 Å². The van der Waals surface area contributed by atoms with Crippen molar-refractivity contribution in [2.24, 2.45) is 5.73 Å². The zero-order chi connectivity index (χ0) is 11.0. The number of thiophene rings is 1. The summed E-state index contributed by atoms with van der Waals surface area (Å²) in [6.07, 6.45) is 2.85. The first-order chi connectivity index (χ1) is 7.83. The van der Waals surface area contributed by atoms with E-state index in [0.717, 1.165) is 37.5 Å². The predicted molar refractivity (Wildman–Crippen MR) is 63.4 cm³/mol. The van der Waals surface area contributed by atoms with E-state index in [9.17, 15) is 0 Å². The minimum Gasteiger partial charge on any atom is -0.326 e. The van der Waals surface area contributed by atoms with Crippen LogP contribution in [-0.4, -0.2) is 20.8 Å². The smallest absolute Gasteiger partial charge is 0.138 e. The molecule has 2 aromatic rings. The van der Waals surface area contributed by atoms with E-state index in [1.54, 1.807) is 11.3 Å². The van der Waals surface area contributed by atoms with Crippen LogP contribution in [0.5, 0.6) is 0 Å². The third-order valence-corrected chi connectivity index (χ3v) is 3.85. The van der Waals surface area contributed by atoms with Gasteiger partial charge in [-0.05, 0) is 17.9 Å². The second kappa shape index (κ2) is 3.99. The average Bonchev–Trinajstić information content (AvgIpc) is 2.90. The molecular formula is C11H14N4S. The van der Waals surface area contributed by atoms with Crippen molar-refractivity contribution in [1.29, 1.82) is 0 Å². The number of fused-ring (bicyclic) bond motifs is 1. The molecule has 3 rings (SSSR count). The van der Waals surface area contributed by atoms with E-state index in [-0.39, 0.29) is 6.04 Å². The Morgan fingerprint density at radius 2 is 2.44 bits per heavy atom. The van der Waals surface area contributed by atoms with Gasteiger partial charge in [-0.2, -0.15) is 0 Å². The molecule has 1 aliphatic heterocycles. The Hall–Kier alpha value is -1.20. The van der Waals surface area contributed by atoms with Crippen LogP contribution >= 0.6 is 11.3 Å². The maximum atomic E-state index is 5.98. The van der Waals surface area contributed by atoms with E-state index >= 15 is 0 Å². The van der Waals surface area contributed by atoms with E-state index in [4.69, 9.17) is 5.73 Å². The molecule has 4 nitrogen and oxygen atoms in total. The molecule has 0 fully saturated rings. The Morgan fingerprint density at radius 3 is 3.25 bits per heavy atom. The third kappa shape index (κ3) is 1.76. The maximum Gasteiger partial charge on any atom is 0.138 e. The summed E-state index contributed by atoms with van der Waals surface area (Å²) in [4.78, 5) is 1.33. The lowest BCUT2D eigenvalue weighted by Gasteiger charge is -2.20. The van der Waals surface area contributed by atoms with Crippen molar-refractivity contribution in [2.75, 3.05) is 0 Å². The first-order valence-electron chi connectivity index (χ1n) is 5.52. The summed E-state index contributed by atoms with van der Waals surface area (Å²) in [6.45, 7) is 0.864. The van der Waals surface area contributed by atoms with Gasteiger partial charge in [-0.1, -0.05) is 6.07 Å². The van der Waals surface area contributed by atoms with Crippen molar-refractivity contribution in [3.05, 3.63) is 34.0 Å². The van der Waals surface area contributed by atoms with Gasteiger partial charge in [0.05, 0.1) is 0 Å². The van der Waals surface area contributed by atoms with Crippen LogP contribution in [0.2, 0.25) is 0 Å². The highest BCUT2D eigenvalue weighted by atomic mass is 32.1. The van der Waals surface area contributed by atoms with Gasteiger partial charge in [0.25, 0.3) is 0 Å². The van der Waals surface area contributed by atoms with Crippen molar-refractivity contribution in [1.82, 2.24) is 14.8 Å². The number of hydrogen-bond acceptors (Lipinski definition) is 4. The van der Waals surface area contributed by atoms with Gasteiger partial charge in [-0.25, -0.2) is 0 Å². The molecule has 0 spiro atoms. The summed E-state index contributed by atoms with van der Waals surface area (Å²) < 4.78 is 2.19. The van der Waals surface area contributed by atoms with Gasteiger partial charge >= 0.3 is 0 Å². The number of hydrogen-bond donors (Lipinski definition) is 1. The maximum absolute atomic E-state index is 5.98. The molecule has 0 saturated carbocycles. The molecule has 0 aromatic carbocycles. The Labute approximate surface area is 98.1 Å². The second-order valence-electron chi connectivity index (χ2n) is 4.20. The molecule has 2 N–H and O–H groups in total. The molecule has 0 bridgehead atoms. The van der Waals surface area contributed by atoms with Gasteiger partial charge in [0, 0.05) is 30.3 Å². The van der Waals surface area contributed by atoms with Gasteiger partial charge in [0.2, 0.25) is 0 Å². The van der Waals surface area contributed by atoms with E-state index in [1.165, 1.54) is 4.88 Å².